The molecule has 0 radical (unpaired) electrons. The lowest BCUT2D eigenvalue weighted by Gasteiger charge is -2.22. The number of hydrogen-bond acceptors (Lipinski definition) is 4. The van der Waals surface area contributed by atoms with Crippen LogP contribution in [0.4, 0.5) is 11.4 Å². The Morgan fingerprint density at radius 2 is 0.781 bits per heavy atom. The molecule has 0 spiro atoms. The fourth-order valence-electron chi connectivity index (χ4n) is 3.31. The fraction of sp³-hybridized carbons (Fsp3) is 0.273. The van der Waals surface area contributed by atoms with Crippen LogP contribution in [0.2, 0.25) is 0 Å². The highest BCUT2D eigenvalue weighted by Crippen LogP contribution is 2.38. The second-order valence-corrected chi connectivity index (χ2v) is 10.5. The predicted octanol–water partition coefficient (Wildman–Crippen LogP) is 6.32. The highest BCUT2D eigenvalue weighted by molar-refractivity contribution is 9.11. The summed E-state index contributed by atoms with van der Waals surface area (Å²) in [4.78, 5) is 49.9. The van der Waals surface area contributed by atoms with Crippen molar-refractivity contribution in [1.82, 2.24) is 0 Å². The molecule has 0 fully saturated rings. The van der Waals surface area contributed by atoms with Crippen LogP contribution >= 0.6 is 63.7 Å². The first-order valence-electron chi connectivity index (χ1n) is 9.43. The van der Waals surface area contributed by atoms with E-state index in [0.717, 1.165) is 20.9 Å². The molecule has 0 saturated heterocycles. The molecular weight excluding hydrogens is 676 g/mol. The van der Waals surface area contributed by atoms with Gasteiger partial charge in [-0.25, -0.2) is 9.80 Å². The first-order chi connectivity index (χ1) is 14.8. The smallest absolute Gasteiger partial charge is 0.230 e. The second-order valence-electron chi connectivity index (χ2n) is 7.06. The molecule has 0 N–H and O–H groups in total. The summed E-state index contributed by atoms with van der Waals surface area (Å²) in [5.41, 5.74) is 2.92. The summed E-state index contributed by atoms with van der Waals surface area (Å²) in [5, 5.41) is 0. The van der Waals surface area contributed by atoms with Crippen LogP contribution in [-0.4, -0.2) is 23.6 Å². The van der Waals surface area contributed by atoms with Gasteiger partial charge in [-0.1, -0.05) is 0 Å². The Hall–Kier alpha value is -1.36. The Labute approximate surface area is 220 Å². The summed E-state index contributed by atoms with van der Waals surface area (Å²) in [7, 11) is 0. The average molecular weight is 696 g/mol. The van der Waals surface area contributed by atoms with Crippen molar-refractivity contribution in [3.63, 3.8) is 0 Å². The summed E-state index contributed by atoms with van der Waals surface area (Å²) in [6.07, 6.45) is 1.36. The van der Waals surface area contributed by atoms with Crippen molar-refractivity contribution in [2.24, 2.45) is 0 Å². The van der Waals surface area contributed by atoms with Crippen LogP contribution in [-0.2, 0) is 32.0 Å². The summed E-state index contributed by atoms with van der Waals surface area (Å²) in [5.74, 6) is -1.48. The van der Waals surface area contributed by atoms with Crippen molar-refractivity contribution < 1.29 is 19.2 Å². The molecule has 0 saturated carbocycles. The number of nitrogens with zero attached hydrogens (tertiary/aromatic N) is 2. The normalized spacial score (nSPS) is 10.6. The van der Waals surface area contributed by atoms with E-state index in [9.17, 15) is 19.2 Å². The van der Waals surface area contributed by atoms with Gasteiger partial charge in [-0.15, -0.1) is 0 Å². The molecule has 0 aliphatic carbocycles. The van der Waals surface area contributed by atoms with E-state index in [2.05, 4.69) is 63.7 Å². The van der Waals surface area contributed by atoms with E-state index in [0.29, 0.717) is 42.1 Å². The van der Waals surface area contributed by atoms with Crippen LogP contribution < -0.4 is 9.80 Å². The fourth-order valence-corrected chi connectivity index (χ4v) is 6.59. The molecule has 170 valence electrons. The van der Waals surface area contributed by atoms with Crippen molar-refractivity contribution in [1.29, 1.82) is 0 Å². The van der Waals surface area contributed by atoms with Gasteiger partial charge in [0.2, 0.25) is 23.6 Å². The Morgan fingerprint density at radius 1 is 0.562 bits per heavy atom. The first-order valence-corrected chi connectivity index (χ1v) is 12.6. The molecule has 4 amide bonds. The van der Waals surface area contributed by atoms with Crippen molar-refractivity contribution in [3.8, 4) is 0 Å². The molecule has 0 atom stereocenters. The Kier molecular flexibility index (Phi) is 9.39. The van der Waals surface area contributed by atoms with Crippen molar-refractivity contribution in [2.75, 3.05) is 9.80 Å². The highest BCUT2D eigenvalue weighted by atomic mass is 79.9. The van der Waals surface area contributed by atoms with Gasteiger partial charge >= 0.3 is 0 Å². The highest BCUT2D eigenvalue weighted by Gasteiger charge is 2.24. The van der Waals surface area contributed by atoms with E-state index < -0.39 is 0 Å². The molecule has 2 rings (SSSR count). The van der Waals surface area contributed by atoms with E-state index in [4.69, 9.17) is 0 Å². The molecule has 0 aliphatic heterocycles. The average Bonchev–Trinajstić information content (AvgIpc) is 2.64. The predicted molar refractivity (Wildman–Crippen MR) is 139 cm³/mol. The molecule has 0 aliphatic rings. The quantitative estimate of drug-likeness (QED) is 0.367. The van der Waals surface area contributed by atoms with Gasteiger partial charge in [0.05, 0.1) is 11.4 Å². The SMILES string of the molecule is CC(=O)N(C(C)=O)c1c(Br)cc(CCc2cc(Br)c(N(C(C)=O)C(C)=O)c(Br)c2)cc1Br. The second kappa shape index (κ2) is 11.2. The maximum absolute atomic E-state index is 11.9. The number of imide groups is 2. The molecule has 0 aromatic heterocycles. The number of hydrogen-bond donors (Lipinski definition) is 0. The van der Waals surface area contributed by atoms with Crippen LogP contribution in [0.5, 0.6) is 0 Å². The van der Waals surface area contributed by atoms with Gasteiger partial charge in [-0.05, 0) is 112 Å². The van der Waals surface area contributed by atoms with E-state index in [1.807, 2.05) is 24.3 Å². The molecule has 0 heterocycles. The van der Waals surface area contributed by atoms with Gasteiger partial charge < -0.3 is 0 Å². The van der Waals surface area contributed by atoms with E-state index in [1.54, 1.807) is 0 Å². The number of amides is 4. The monoisotopic (exact) mass is 692 g/mol. The van der Waals surface area contributed by atoms with Gasteiger partial charge in [0, 0.05) is 45.6 Å². The summed E-state index contributed by atoms with van der Waals surface area (Å²) in [6.45, 7) is 5.36. The Bertz CT molecular complexity index is 956. The lowest BCUT2D eigenvalue weighted by atomic mass is 10.0. The van der Waals surface area contributed by atoms with Gasteiger partial charge in [0.1, 0.15) is 0 Å². The minimum Gasteiger partial charge on any atom is -0.274 e. The number of aryl methyl sites for hydroxylation is 2. The molecule has 2 aromatic rings. The van der Waals surface area contributed by atoms with Gasteiger partial charge in [0.15, 0.2) is 0 Å². The third-order valence-corrected chi connectivity index (χ3v) is 6.98. The zero-order chi connectivity index (χ0) is 24.3. The number of rotatable bonds is 5. The molecule has 10 heteroatoms. The third kappa shape index (κ3) is 6.15. The molecular formula is C22H20Br4N2O4. The Balaban J connectivity index is 2.31. The van der Waals surface area contributed by atoms with Crippen LogP contribution in [0.25, 0.3) is 0 Å². The van der Waals surface area contributed by atoms with E-state index in [-0.39, 0.29) is 23.6 Å². The number of carbonyl (C=O) groups excluding carboxylic acids is 4. The number of anilines is 2. The summed E-state index contributed by atoms with van der Waals surface area (Å²) in [6, 6.07) is 7.52. The molecule has 0 bridgehead atoms. The zero-order valence-electron chi connectivity index (χ0n) is 17.8. The van der Waals surface area contributed by atoms with Gasteiger partial charge in [0.25, 0.3) is 0 Å². The molecule has 2 aromatic carbocycles. The van der Waals surface area contributed by atoms with Crippen LogP contribution in [0, 0.1) is 0 Å². The number of benzene rings is 2. The largest absolute Gasteiger partial charge is 0.274 e. The van der Waals surface area contributed by atoms with Crippen molar-refractivity contribution >= 4 is 98.7 Å². The maximum Gasteiger partial charge on any atom is 0.230 e. The molecule has 0 unspecified atom stereocenters. The zero-order valence-corrected chi connectivity index (χ0v) is 24.1. The van der Waals surface area contributed by atoms with E-state index in [1.165, 1.54) is 27.7 Å². The standard InChI is InChI=1S/C22H20Br4N2O4/c1-11(29)27(12(2)30)21-17(23)7-15(8-18(21)24)5-6-16-9-19(25)22(20(26)10-16)28(13(3)31)14(4)32/h7-10H,5-6H2,1-4H3. The van der Waals surface area contributed by atoms with E-state index >= 15 is 0 Å². The summed E-state index contributed by atoms with van der Waals surface area (Å²) < 4.78 is 2.51. The first kappa shape index (κ1) is 26.9. The Morgan fingerprint density at radius 3 is 0.969 bits per heavy atom. The lowest BCUT2D eigenvalue weighted by Crippen LogP contribution is -2.33. The van der Waals surface area contributed by atoms with Crippen molar-refractivity contribution in [3.05, 3.63) is 53.3 Å². The van der Waals surface area contributed by atoms with Gasteiger partial charge in [-0.3, -0.25) is 19.2 Å². The minimum absolute atomic E-state index is 0.369. The summed E-state index contributed by atoms with van der Waals surface area (Å²) >= 11 is 13.9. The molecule has 32 heavy (non-hydrogen) atoms. The van der Waals surface area contributed by atoms with Crippen LogP contribution in [0.3, 0.4) is 0 Å². The number of carbonyl (C=O) groups is 4. The van der Waals surface area contributed by atoms with Crippen LogP contribution in [0.15, 0.2) is 42.2 Å². The topological polar surface area (TPSA) is 74.8 Å². The molecule has 6 nitrogen and oxygen atoms in total. The maximum atomic E-state index is 11.9. The van der Waals surface area contributed by atoms with Crippen molar-refractivity contribution in [2.45, 2.75) is 40.5 Å². The van der Waals surface area contributed by atoms with Gasteiger partial charge in [-0.2, -0.15) is 0 Å². The number of halogens is 4. The lowest BCUT2D eigenvalue weighted by molar-refractivity contribution is -0.125. The third-order valence-electron chi connectivity index (χ3n) is 4.56. The minimum atomic E-state index is -0.369. The van der Waals surface area contributed by atoms with Crippen LogP contribution in [0.1, 0.15) is 38.8 Å².